The minimum Gasteiger partial charge on any atom is -0.192 e. The van der Waals surface area contributed by atoms with Crippen LogP contribution >= 0.6 is 0 Å². The molecule has 0 atom stereocenters. The quantitative estimate of drug-likeness (QED) is 0.531. The van der Waals surface area contributed by atoms with Crippen molar-refractivity contribution in [2.24, 2.45) is 17.8 Å². The first kappa shape index (κ1) is 19.8. The number of nitrogens with zero attached hydrogens (tertiary/aromatic N) is 1. The molecule has 0 heterocycles. The highest BCUT2D eigenvalue weighted by Gasteiger charge is 2.21. The van der Waals surface area contributed by atoms with Crippen molar-refractivity contribution in [2.45, 2.75) is 77.0 Å². The maximum atomic E-state index is 8.92. The van der Waals surface area contributed by atoms with Crippen LogP contribution in [0.15, 0.2) is 36.4 Å². The summed E-state index contributed by atoms with van der Waals surface area (Å²) in [6.45, 7) is 2.30. The second kappa shape index (κ2) is 10.4. The highest BCUT2D eigenvalue weighted by Crippen LogP contribution is 2.35. The third kappa shape index (κ3) is 6.01. The minimum absolute atomic E-state index is 0.560. The number of hydrogen-bond acceptors (Lipinski definition) is 1. The van der Waals surface area contributed by atoms with Gasteiger partial charge in [0.05, 0.1) is 11.6 Å². The number of rotatable bonds is 4. The maximum Gasteiger partial charge on any atom is 0.0991 e. The van der Waals surface area contributed by atoms with Gasteiger partial charge in [-0.3, -0.25) is 0 Å². The summed E-state index contributed by atoms with van der Waals surface area (Å²) in [5.41, 5.74) is 2.14. The molecule has 0 N–H and O–H groups in total. The Hall–Kier alpha value is -1.99. The van der Waals surface area contributed by atoms with Gasteiger partial charge in [-0.25, -0.2) is 0 Å². The van der Waals surface area contributed by atoms with Crippen molar-refractivity contribution in [1.29, 1.82) is 5.26 Å². The van der Waals surface area contributed by atoms with Crippen LogP contribution in [0.1, 0.15) is 88.2 Å². The fourth-order valence-electron chi connectivity index (χ4n) is 4.83. The van der Waals surface area contributed by atoms with Gasteiger partial charge in [0.15, 0.2) is 0 Å². The van der Waals surface area contributed by atoms with Crippen LogP contribution in [0.2, 0.25) is 0 Å². The molecule has 1 aromatic rings. The predicted octanol–water partition coefficient (Wildman–Crippen LogP) is 7.00. The normalized spacial score (nSPS) is 28.3. The van der Waals surface area contributed by atoms with E-state index >= 15 is 0 Å². The summed E-state index contributed by atoms with van der Waals surface area (Å²) < 4.78 is 0. The molecule has 1 aromatic carbocycles. The largest absolute Gasteiger partial charge is 0.192 e. The van der Waals surface area contributed by atoms with Gasteiger partial charge < -0.3 is 0 Å². The second-order valence-corrected chi connectivity index (χ2v) is 8.50. The topological polar surface area (TPSA) is 23.8 Å². The molecule has 2 aliphatic rings. The molecule has 0 saturated heterocycles. The lowest BCUT2D eigenvalue weighted by atomic mass is 9.79. The molecule has 2 saturated carbocycles. The highest BCUT2D eigenvalue weighted by molar-refractivity contribution is 5.33. The van der Waals surface area contributed by atoms with Crippen molar-refractivity contribution in [2.75, 3.05) is 0 Å². The molecule has 0 unspecified atom stereocenters. The van der Waals surface area contributed by atoms with Gasteiger partial charge in [0.1, 0.15) is 0 Å². The van der Waals surface area contributed by atoms with Crippen LogP contribution in [0.25, 0.3) is 0 Å². The van der Waals surface area contributed by atoms with Crippen LogP contribution in [0.4, 0.5) is 0 Å². The zero-order valence-electron chi connectivity index (χ0n) is 16.8. The lowest BCUT2D eigenvalue weighted by molar-refractivity contribution is 0.294. The predicted molar refractivity (Wildman–Crippen MR) is 113 cm³/mol. The van der Waals surface area contributed by atoms with Crippen LogP contribution in [0.3, 0.4) is 0 Å². The first-order valence-electron chi connectivity index (χ1n) is 11.0. The Balaban J connectivity index is 1.40. The van der Waals surface area contributed by atoms with Gasteiger partial charge in [-0.1, -0.05) is 49.8 Å². The van der Waals surface area contributed by atoms with Gasteiger partial charge in [0.2, 0.25) is 0 Å². The van der Waals surface area contributed by atoms with Crippen molar-refractivity contribution in [3.05, 3.63) is 47.5 Å². The van der Waals surface area contributed by atoms with Crippen molar-refractivity contribution in [3.63, 3.8) is 0 Å². The summed E-state index contributed by atoms with van der Waals surface area (Å²) in [6.07, 6.45) is 17.6. The fourth-order valence-corrected chi connectivity index (χ4v) is 4.83. The summed E-state index contributed by atoms with van der Waals surface area (Å²) >= 11 is 0. The van der Waals surface area contributed by atoms with E-state index in [-0.39, 0.29) is 0 Å². The molecule has 142 valence electrons. The first-order valence-corrected chi connectivity index (χ1v) is 11.0. The summed E-state index contributed by atoms with van der Waals surface area (Å²) in [4.78, 5) is 0. The molecular formula is C26H33N. The van der Waals surface area contributed by atoms with Gasteiger partial charge in [0, 0.05) is 5.92 Å². The van der Waals surface area contributed by atoms with E-state index in [4.69, 9.17) is 5.26 Å². The zero-order valence-corrected chi connectivity index (χ0v) is 16.8. The number of nitriles is 1. The van der Waals surface area contributed by atoms with Crippen LogP contribution < -0.4 is 0 Å². The Kier molecular flexibility index (Phi) is 7.59. The minimum atomic E-state index is 0.560. The molecule has 0 aliphatic heterocycles. The van der Waals surface area contributed by atoms with Crippen LogP contribution in [-0.2, 0) is 0 Å². The molecule has 1 nitrogen and oxygen atoms in total. The Morgan fingerprint density at radius 3 is 2.30 bits per heavy atom. The molecule has 0 radical (unpaired) electrons. The van der Waals surface area contributed by atoms with Crippen molar-refractivity contribution in [3.8, 4) is 17.9 Å². The zero-order chi connectivity index (χ0) is 18.9. The molecule has 1 heteroatoms. The van der Waals surface area contributed by atoms with Crippen LogP contribution in [-0.4, -0.2) is 0 Å². The molecule has 0 aromatic heterocycles. The smallest absolute Gasteiger partial charge is 0.0991 e. The Labute approximate surface area is 165 Å². The number of allylic oxidation sites excluding steroid dienone is 2. The first-order chi connectivity index (χ1) is 13.3. The lowest BCUT2D eigenvalue weighted by Crippen LogP contribution is -2.12. The van der Waals surface area contributed by atoms with Gasteiger partial charge in [-0.2, -0.15) is 5.26 Å². The average Bonchev–Trinajstić information content (AvgIpc) is 2.73. The summed E-state index contributed by atoms with van der Waals surface area (Å²) in [5, 5.41) is 8.92. The van der Waals surface area contributed by atoms with Crippen molar-refractivity contribution < 1.29 is 0 Å². The van der Waals surface area contributed by atoms with E-state index in [0.717, 1.165) is 17.4 Å². The molecule has 0 spiro atoms. The van der Waals surface area contributed by atoms with Crippen molar-refractivity contribution in [1.82, 2.24) is 0 Å². The monoisotopic (exact) mass is 359 g/mol. The van der Waals surface area contributed by atoms with E-state index in [0.29, 0.717) is 11.8 Å². The van der Waals surface area contributed by atoms with Crippen LogP contribution in [0.5, 0.6) is 0 Å². The Morgan fingerprint density at radius 1 is 0.963 bits per heavy atom. The highest BCUT2D eigenvalue weighted by atomic mass is 14.3. The Morgan fingerprint density at radius 2 is 1.67 bits per heavy atom. The van der Waals surface area contributed by atoms with E-state index in [9.17, 15) is 0 Å². The van der Waals surface area contributed by atoms with E-state index in [1.165, 1.54) is 69.8 Å². The second-order valence-electron chi connectivity index (χ2n) is 8.50. The van der Waals surface area contributed by atoms with Crippen molar-refractivity contribution >= 4 is 0 Å². The number of hydrogen-bond donors (Lipinski definition) is 0. The third-order valence-electron chi connectivity index (χ3n) is 6.57. The SMILES string of the molecule is CCC[C@H]1CC[C@H](C=CC#C[C@H]2CC[C@H](c3ccc(C#N)cc3)CC2)CC1. The standard InChI is InChI=1S/C26H33N/c1-2-5-21-8-10-22(11-9-21)6-3-4-7-23-12-16-25(17-13-23)26-18-14-24(20-27)15-19-26/h3,6,14-15,18-19,21-23,25H,2,5,8-13,16-17H2,1H3/t21-,22-,23-,25-. The Bertz CT molecular complexity index is 693. The van der Waals surface area contributed by atoms with Gasteiger partial charge >= 0.3 is 0 Å². The third-order valence-corrected chi connectivity index (χ3v) is 6.57. The summed E-state index contributed by atoms with van der Waals surface area (Å²) in [5.74, 6) is 9.79. The maximum absolute atomic E-state index is 8.92. The number of benzene rings is 1. The molecule has 0 amide bonds. The van der Waals surface area contributed by atoms with Crippen LogP contribution in [0, 0.1) is 40.9 Å². The average molecular weight is 360 g/mol. The van der Waals surface area contributed by atoms with E-state index in [1.54, 1.807) is 0 Å². The summed E-state index contributed by atoms with van der Waals surface area (Å²) in [6, 6.07) is 10.4. The van der Waals surface area contributed by atoms with Gasteiger partial charge in [-0.05, 0) is 92.9 Å². The fraction of sp³-hybridized carbons (Fsp3) is 0.577. The van der Waals surface area contributed by atoms with Gasteiger partial charge in [-0.15, -0.1) is 0 Å². The summed E-state index contributed by atoms with van der Waals surface area (Å²) in [7, 11) is 0. The molecule has 3 rings (SSSR count). The molecule has 2 fully saturated rings. The molecule has 27 heavy (non-hydrogen) atoms. The van der Waals surface area contributed by atoms with E-state index in [2.05, 4.69) is 49.1 Å². The lowest BCUT2D eigenvalue weighted by Gasteiger charge is -2.26. The van der Waals surface area contributed by atoms with E-state index in [1.807, 2.05) is 12.1 Å². The van der Waals surface area contributed by atoms with E-state index < -0.39 is 0 Å². The molecule has 0 bridgehead atoms. The van der Waals surface area contributed by atoms with Gasteiger partial charge in [0.25, 0.3) is 0 Å². The molecular weight excluding hydrogens is 326 g/mol. The molecule has 2 aliphatic carbocycles.